The van der Waals surface area contributed by atoms with Crippen molar-refractivity contribution in [2.75, 3.05) is 13.6 Å². The summed E-state index contributed by atoms with van der Waals surface area (Å²) in [6.45, 7) is 3.57. The molecular weight excluding hydrogens is 134 g/mol. The lowest BCUT2D eigenvalue weighted by molar-refractivity contribution is 0.343. The van der Waals surface area contributed by atoms with Crippen LogP contribution < -0.4 is 0 Å². The van der Waals surface area contributed by atoms with Crippen molar-refractivity contribution in [2.24, 2.45) is 5.92 Å². The first-order valence-corrected chi connectivity index (χ1v) is 4.40. The van der Waals surface area contributed by atoms with Crippen LogP contribution in [0.4, 0.5) is 0 Å². The molecule has 2 aliphatic rings. The van der Waals surface area contributed by atoms with Crippen molar-refractivity contribution in [3.05, 3.63) is 23.4 Å². The van der Waals surface area contributed by atoms with Gasteiger partial charge in [0.25, 0.3) is 0 Å². The van der Waals surface area contributed by atoms with Crippen LogP contribution in [0.5, 0.6) is 0 Å². The van der Waals surface area contributed by atoms with Crippen molar-refractivity contribution in [1.82, 2.24) is 4.90 Å². The Morgan fingerprint density at radius 3 is 3.09 bits per heavy atom. The van der Waals surface area contributed by atoms with E-state index in [2.05, 4.69) is 31.0 Å². The topological polar surface area (TPSA) is 3.24 Å². The third kappa shape index (κ3) is 0.991. The molecule has 60 valence electrons. The third-order valence-electron chi connectivity index (χ3n) is 2.83. The Morgan fingerprint density at radius 1 is 1.55 bits per heavy atom. The van der Waals surface area contributed by atoms with Gasteiger partial charge in [-0.05, 0) is 17.9 Å². The van der Waals surface area contributed by atoms with Crippen LogP contribution in [0.3, 0.4) is 0 Å². The lowest BCUT2D eigenvalue weighted by atomic mass is 9.93. The molecule has 0 spiro atoms. The minimum atomic E-state index is 0.792. The Hall–Kier alpha value is -0.720. The van der Waals surface area contributed by atoms with E-state index in [0.29, 0.717) is 0 Å². The molecule has 0 saturated heterocycles. The number of rotatable bonds is 0. The van der Waals surface area contributed by atoms with Crippen LogP contribution >= 0.6 is 0 Å². The molecule has 1 aliphatic carbocycles. The molecule has 2 rings (SSSR count). The SMILES string of the molecule is CC1CCN(C)C2=C1C=CC2. The Balaban J connectivity index is 2.32. The van der Waals surface area contributed by atoms with E-state index in [4.69, 9.17) is 0 Å². The van der Waals surface area contributed by atoms with Crippen LogP contribution in [-0.2, 0) is 0 Å². The van der Waals surface area contributed by atoms with Gasteiger partial charge in [-0.2, -0.15) is 0 Å². The predicted octanol–water partition coefficient (Wildman–Crippen LogP) is 2.17. The smallest absolute Gasteiger partial charge is 0.0204 e. The van der Waals surface area contributed by atoms with Crippen molar-refractivity contribution >= 4 is 0 Å². The van der Waals surface area contributed by atoms with Crippen molar-refractivity contribution in [2.45, 2.75) is 19.8 Å². The van der Waals surface area contributed by atoms with E-state index in [0.717, 1.165) is 12.3 Å². The molecular formula is C10H15N. The number of hydrogen-bond donors (Lipinski definition) is 0. The first kappa shape index (κ1) is 6.96. The largest absolute Gasteiger partial charge is 0.377 e. The van der Waals surface area contributed by atoms with E-state index in [1.807, 2.05) is 0 Å². The molecule has 0 saturated carbocycles. The van der Waals surface area contributed by atoms with Gasteiger partial charge in [0.2, 0.25) is 0 Å². The second-order valence-electron chi connectivity index (χ2n) is 3.62. The van der Waals surface area contributed by atoms with E-state index in [1.165, 1.54) is 13.0 Å². The number of allylic oxidation sites excluding steroid dienone is 3. The van der Waals surface area contributed by atoms with Crippen molar-refractivity contribution < 1.29 is 0 Å². The van der Waals surface area contributed by atoms with Crippen LogP contribution in [0, 0.1) is 5.92 Å². The van der Waals surface area contributed by atoms with Crippen molar-refractivity contribution in [3.8, 4) is 0 Å². The summed E-state index contributed by atoms with van der Waals surface area (Å²) in [5, 5.41) is 0. The Morgan fingerprint density at radius 2 is 2.36 bits per heavy atom. The molecule has 0 aromatic rings. The molecule has 0 radical (unpaired) electrons. The fourth-order valence-electron chi connectivity index (χ4n) is 2.01. The van der Waals surface area contributed by atoms with Crippen molar-refractivity contribution in [3.63, 3.8) is 0 Å². The average Bonchev–Trinajstić information content (AvgIpc) is 2.45. The zero-order chi connectivity index (χ0) is 7.84. The second-order valence-corrected chi connectivity index (χ2v) is 3.62. The maximum atomic E-state index is 2.40. The van der Waals surface area contributed by atoms with Crippen LogP contribution in [0.15, 0.2) is 23.4 Å². The highest BCUT2D eigenvalue weighted by Crippen LogP contribution is 2.33. The maximum absolute atomic E-state index is 2.40. The molecule has 0 amide bonds. The molecule has 1 atom stereocenters. The molecule has 1 aliphatic heterocycles. The van der Waals surface area contributed by atoms with Crippen LogP contribution in [0.1, 0.15) is 19.8 Å². The summed E-state index contributed by atoms with van der Waals surface area (Å²) < 4.78 is 0. The van der Waals surface area contributed by atoms with Gasteiger partial charge in [-0.1, -0.05) is 19.1 Å². The zero-order valence-corrected chi connectivity index (χ0v) is 7.30. The summed E-state index contributed by atoms with van der Waals surface area (Å²) in [7, 11) is 2.20. The van der Waals surface area contributed by atoms with E-state index in [-0.39, 0.29) is 0 Å². The number of nitrogens with zero attached hydrogens (tertiary/aromatic N) is 1. The van der Waals surface area contributed by atoms with E-state index in [9.17, 15) is 0 Å². The standard InChI is InChI=1S/C10H15N/c1-8-6-7-11(2)10-5-3-4-9(8)10/h3-4,8H,5-7H2,1-2H3. The van der Waals surface area contributed by atoms with Gasteiger partial charge >= 0.3 is 0 Å². The lowest BCUT2D eigenvalue weighted by Gasteiger charge is -2.30. The molecule has 0 bridgehead atoms. The van der Waals surface area contributed by atoms with Gasteiger partial charge in [0.15, 0.2) is 0 Å². The minimum Gasteiger partial charge on any atom is -0.377 e. The quantitative estimate of drug-likeness (QED) is 0.510. The van der Waals surface area contributed by atoms with Crippen molar-refractivity contribution in [1.29, 1.82) is 0 Å². The molecule has 11 heavy (non-hydrogen) atoms. The molecule has 1 nitrogen and oxygen atoms in total. The highest BCUT2D eigenvalue weighted by atomic mass is 15.1. The van der Waals surface area contributed by atoms with Gasteiger partial charge in [-0.3, -0.25) is 0 Å². The summed E-state index contributed by atoms with van der Waals surface area (Å²) in [4.78, 5) is 2.40. The highest BCUT2D eigenvalue weighted by molar-refractivity contribution is 5.36. The van der Waals surface area contributed by atoms with Gasteiger partial charge in [-0.15, -0.1) is 0 Å². The second kappa shape index (κ2) is 2.40. The maximum Gasteiger partial charge on any atom is 0.0204 e. The summed E-state index contributed by atoms with van der Waals surface area (Å²) >= 11 is 0. The summed E-state index contributed by atoms with van der Waals surface area (Å²) in [5.41, 5.74) is 3.14. The Kier molecular flexibility index (Phi) is 1.52. The summed E-state index contributed by atoms with van der Waals surface area (Å²) in [5.74, 6) is 0.792. The molecule has 0 aromatic carbocycles. The first-order valence-electron chi connectivity index (χ1n) is 4.40. The summed E-state index contributed by atoms with van der Waals surface area (Å²) in [6, 6.07) is 0. The van der Waals surface area contributed by atoms with Gasteiger partial charge in [0.1, 0.15) is 0 Å². The molecule has 0 N–H and O–H groups in total. The fraction of sp³-hybridized carbons (Fsp3) is 0.600. The summed E-state index contributed by atoms with van der Waals surface area (Å²) in [6.07, 6.45) is 7.06. The fourth-order valence-corrected chi connectivity index (χ4v) is 2.01. The van der Waals surface area contributed by atoms with Crippen LogP contribution in [0.25, 0.3) is 0 Å². The Labute approximate surface area is 68.4 Å². The third-order valence-corrected chi connectivity index (χ3v) is 2.83. The van der Waals surface area contributed by atoms with Gasteiger partial charge in [-0.25, -0.2) is 0 Å². The van der Waals surface area contributed by atoms with Gasteiger partial charge < -0.3 is 4.90 Å². The van der Waals surface area contributed by atoms with E-state index < -0.39 is 0 Å². The predicted molar refractivity (Wildman–Crippen MR) is 47.2 cm³/mol. The van der Waals surface area contributed by atoms with E-state index >= 15 is 0 Å². The molecule has 1 unspecified atom stereocenters. The molecule has 1 heteroatoms. The average molecular weight is 149 g/mol. The minimum absolute atomic E-state index is 0.792. The highest BCUT2D eigenvalue weighted by Gasteiger charge is 2.22. The van der Waals surface area contributed by atoms with E-state index in [1.54, 1.807) is 11.3 Å². The normalized spacial score (nSPS) is 29.6. The molecule has 0 aromatic heterocycles. The van der Waals surface area contributed by atoms with Crippen LogP contribution in [-0.4, -0.2) is 18.5 Å². The van der Waals surface area contributed by atoms with Crippen LogP contribution in [0.2, 0.25) is 0 Å². The zero-order valence-electron chi connectivity index (χ0n) is 7.30. The molecule has 0 fully saturated rings. The Bertz CT molecular complexity index is 225. The van der Waals surface area contributed by atoms with Gasteiger partial charge in [0, 0.05) is 25.7 Å². The lowest BCUT2D eigenvalue weighted by Crippen LogP contribution is -2.26. The monoisotopic (exact) mass is 149 g/mol. The first-order chi connectivity index (χ1) is 5.29. The number of hydrogen-bond acceptors (Lipinski definition) is 1. The molecule has 1 heterocycles. The van der Waals surface area contributed by atoms with Gasteiger partial charge in [0.05, 0.1) is 0 Å².